The summed E-state index contributed by atoms with van der Waals surface area (Å²) >= 11 is 0. The summed E-state index contributed by atoms with van der Waals surface area (Å²) in [5.41, 5.74) is 0.519. The average Bonchev–Trinajstić information content (AvgIpc) is 2.80. The van der Waals surface area contributed by atoms with Crippen molar-refractivity contribution in [2.45, 2.75) is 19.5 Å². The van der Waals surface area contributed by atoms with Crippen molar-refractivity contribution in [3.63, 3.8) is 0 Å². The maximum absolute atomic E-state index is 12.2. The zero-order valence-electron chi connectivity index (χ0n) is 17.7. The van der Waals surface area contributed by atoms with Gasteiger partial charge in [0.05, 0.1) is 19.1 Å². The Morgan fingerprint density at radius 1 is 1.06 bits per heavy atom. The number of carbonyl (C=O) groups is 3. The summed E-state index contributed by atoms with van der Waals surface area (Å²) < 4.78 is 15.3. The number of non-ortho nitro benzene ring substituents is 1. The Morgan fingerprint density at radius 3 is 2.44 bits per heavy atom. The fourth-order valence-corrected chi connectivity index (χ4v) is 2.60. The fourth-order valence-electron chi connectivity index (χ4n) is 2.60. The van der Waals surface area contributed by atoms with Gasteiger partial charge in [0.25, 0.3) is 17.5 Å². The van der Waals surface area contributed by atoms with E-state index in [2.05, 4.69) is 10.6 Å². The van der Waals surface area contributed by atoms with Gasteiger partial charge >= 0.3 is 5.97 Å². The summed E-state index contributed by atoms with van der Waals surface area (Å²) in [6, 6.07) is 9.16. The van der Waals surface area contributed by atoms with Crippen LogP contribution in [0.3, 0.4) is 0 Å². The molecule has 2 aromatic carbocycles. The molecule has 1 atom stereocenters. The van der Waals surface area contributed by atoms with Crippen molar-refractivity contribution in [3.05, 3.63) is 63.7 Å². The van der Waals surface area contributed by atoms with Gasteiger partial charge in [0.15, 0.2) is 18.1 Å². The molecule has 32 heavy (non-hydrogen) atoms. The molecule has 0 aliphatic heterocycles. The van der Waals surface area contributed by atoms with Crippen LogP contribution in [0.1, 0.15) is 22.8 Å². The number of methoxy groups -OCH3 is 2. The molecular formula is C21H23N3O8. The number of hydrogen-bond donors (Lipinski definition) is 2. The van der Waals surface area contributed by atoms with Gasteiger partial charge in [-0.2, -0.15) is 0 Å². The molecule has 0 aliphatic rings. The minimum Gasteiger partial charge on any atom is -0.493 e. The largest absolute Gasteiger partial charge is 0.493 e. The molecule has 0 saturated carbocycles. The quantitative estimate of drug-likeness (QED) is 0.318. The summed E-state index contributed by atoms with van der Waals surface area (Å²) in [6.07, 6.45) is 0. The highest BCUT2D eigenvalue weighted by Gasteiger charge is 2.20. The van der Waals surface area contributed by atoms with Crippen molar-refractivity contribution in [1.82, 2.24) is 10.6 Å². The molecule has 0 saturated heterocycles. The van der Waals surface area contributed by atoms with Crippen LogP contribution < -0.4 is 20.1 Å². The molecule has 0 aromatic heterocycles. The summed E-state index contributed by atoms with van der Waals surface area (Å²) in [7, 11) is 3.01. The van der Waals surface area contributed by atoms with Gasteiger partial charge in [-0.25, -0.2) is 4.79 Å². The normalized spacial score (nSPS) is 11.1. The van der Waals surface area contributed by atoms with Crippen molar-refractivity contribution in [2.75, 3.05) is 20.8 Å². The average molecular weight is 445 g/mol. The third kappa shape index (κ3) is 6.69. The maximum atomic E-state index is 12.2. The van der Waals surface area contributed by atoms with Crippen molar-refractivity contribution in [2.24, 2.45) is 0 Å². The molecule has 2 N–H and O–H groups in total. The molecular weight excluding hydrogens is 422 g/mol. The Bertz CT molecular complexity index is 1010. The molecule has 11 heteroatoms. The number of esters is 1. The topological polar surface area (TPSA) is 146 Å². The molecule has 2 aromatic rings. The predicted octanol–water partition coefficient (Wildman–Crippen LogP) is 1.59. The molecule has 0 spiro atoms. The fraction of sp³-hybridized carbons (Fsp3) is 0.286. The van der Waals surface area contributed by atoms with Gasteiger partial charge in [-0.1, -0.05) is 12.1 Å². The van der Waals surface area contributed by atoms with Gasteiger partial charge in [-0.05, 0) is 30.7 Å². The van der Waals surface area contributed by atoms with E-state index in [4.69, 9.17) is 14.2 Å². The molecule has 2 rings (SSSR count). The van der Waals surface area contributed by atoms with E-state index >= 15 is 0 Å². The molecule has 0 bridgehead atoms. The van der Waals surface area contributed by atoms with Crippen LogP contribution in [-0.2, 0) is 20.9 Å². The summed E-state index contributed by atoms with van der Waals surface area (Å²) in [5, 5.41) is 15.8. The molecule has 0 unspecified atom stereocenters. The summed E-state index contributed by atoms with van der Waals surface area (Å²) in [4.78, 5) is 46.4. The molecule has 2 amide bonds. The SMILES string of the molecule is COc1ccc(CNC(=O)COC(=O)[C@H](C)NC(=O)c2cccc([N+](=O)[O-])c2)cc1OC. The van der Waals surface area contributed by atoms with Gasteiger partial charge in [0.1, 0.15) is 6.04 Å². The van der Waals surface area contributed by atoms with Crippen LogP contribution in [0.25, 0.3) is 0 Å². The van der Waals surface area contributed by atoms with Crippen LogP contribution >= 0.6 is 0 Å². The minimum absolute atomic E-state index is 0.0199. The number of ether oxygens (including phenoxy) is 3. The van der Waals surface area contributed by atoms with Crippen LogP contribution in [-0.4, -0.2) is 49.6 Å². The van der Waals surface area contributed by atoms with Crippen molar-refractivity contribution < 1.29 is 33.5 Å². The maximum Gasteiger partial charge on any atom is 0.328 e. The number of carbonyl (C=O) groups excluding carboxylic acids is 3. The van der Waals surface area contributed by atoms with Gasteiger partial charge in [0.2, 0.25) is 0 Å². The second-order valence-corrected chi connectivity index (χ2v) is 6.58. The van der Waals surface area contributed by atoms with Crippen molar-refractivity contribution >= 4 is 23.5 Å². The molecule has 0 aliphatic carbocycles. The lowest BCUT2D eigenvalue weighted by molar-refractivity contribution is -0.384. The molecule has 0 heterocycles. The standard InChI is InChI=1S/C21H23N3O8/c1-13(23-20(26)15-5-4-6-16(10-15)24(28)29)21(27)32-12-19(25)22-11-14-7-8-17(30-2)18(9-14)31-3/h4-10,13H,11-12H2,1-3H3,(H,22,25)(H,23,26)/t13-/m0/s1. The highest BCUT2D eigenvalue weighted by molar-refractivity contribution is 5.97. The lowest BCUT2D eigenvalue weighted by atomic mass is 10.2. The van der Waals surface area contributed by atoms with Gasteiger partial charge < -0.3 is 24.8 Å². The minimum atomic E-state index is -1.07. The third-order valence-electron chi connectivity index (χ3n) is 4.30. The number of benzene rings is 2. The number of nitro benzene ring substituents is 1. The van der Waals surface area contributed by atoms with Gasteiger partial charge in [-0.15, -0.1) is 0 Å². The first-order chi connectivity index (χ1) is 15.2. The van der Waals surface area contributed by atoms with E-state index in [0.717, 1.165) is 11.6 Å². The molecule has 170 valence electrons. The summed E-state index contributed by atoms with van der Waals surface area (Å²) in [6.45, 7) is 1.01. The number of rotatable bonds is 10. The van der Waals surface area contributed by atoms with Crippen LogP contribution in [0.15, 0.2) is 42.5 Å². The Balaban J connectivity index is 1.81. The van der Waals surface area contributed by atoms with E-state index in [1.54, 1.807) is 18.2 Å². The Morgan fingerprint density at radius 2 is 1.78 bits per heavy atom. The lowest BCUT2D eigenvalue weighted by Crippen LogP contribution is -2.41. The zero-order valence-corrected chi connectivity index (χ0v) is 17.7. The molecule has 0 radical (unpaired) electrons. The zero-order chi connectivity index (χ0) is 23.7. The monoisotopic (exact) mass is 445 g/mol. The molecule has 11 nitrogen and oxygen atoms in total. The second-order valence-electron chi connectivity index (χ2n) is 6.58. The van der Waals surface area contributed by atoms with E-state index in [0.29, 0.717) is 11.5 Å². The van der Waals surface area contributed by atoms with Crippen LogP contribution in [0, 0.1) is 10.1 Å². The first-order valence-electron chi connectivity index (χ1n) is 9.44. The third-order valence-corrected chi connectivity index (χ3v) is 4.30. The number of nitro groups is 1. The second kappa shape index (κ2) is 11.3. The van der Waals surface area contributed by atoms with Crippen LogP contribution in [0.4, 0.5) is 5.69 Å². The van der Waals surface area contributed by atoms with E-state index in [1.807, 2.05) is 0 Å². The molecule has 0 fully saturated rings. The number of hydrogen-bond acceptors (Lipinski definition) is 8. The van der Waals surface area contributed by atoms with Crippen LogP contribution in [0.2, 0.25) is 0 Å². The first-order valence-corrected chi connectivity index (χ1v) is 9.44. The Hall–Kier alpha value is -4.15. The lowest BCUT2D eigenvalue weighted by Gasteiger charge is -2.14. The van der Waals surface area contributed by atoms with Crippen molar-refractivity contribution in [1.29, 1.82) is 0 Å². The predicted molar refractivity (Wildman–Crippen MR) is 112 cm³/mol. The number of amides is 2. The first kappa shape index (κ1) is 24.1. The smallest absolute Gasteiger partial charge is 0.328 e. The number of nitrogens with one attached hydrogen (secondary N) is 2. The summed E-state index contributed by atoms with van der Waals surface area (Å²) in [5.74, 6) is -0.983. The van der Waals surface area contributed by atoms with Gasteiger partial charge in [-0.3, -0.25) is 19.7 Å². The van der Waals surface area contributed by atoms with Crippen LogP contribution in [0.5, 0.6) is 11.5 Å². The van der Waals surface area contributed by atoms with Gasteiger partial charge in [0, 0.05) is 24.2 Å². The van der Waals surface area contributed by atoms with E-state index in [-0.39, 0.29) is 17.8 Å². The van der Waals surface area contributed by atoms with E-state index < -0.39 is 35.4 Å². The Kier molecular flexibility index (Phi) is 8.52. The van der Waals surface area contributed by atoms with Crippen molar-refractivity contribution in [3.8, 4) is 11.5 Å². The van der Waals surface area contributed by atoms with E-state index in [1.165, 1.54) is 39.3 Å². The van der Waals surface area contributed by atoms with E-state index in [9.17, 15) is 24.5 Å². The highest BCUT2D eigenvalue weighted by atomic mass is 16.6. The Labute approximate surface area is 183 Å². The highest BCUT2D eigenvalue weighted by Crippen LogP contribution is 2.27. The number of nitrogens with zero attached hydrogens (tertiary/aromatic N) is 1.